The van der Waals surface area contributed by atoms with Crippen molar-refractivity contribution in [3.8, 4) is 11.5 Å². The number of phenolic OH excluding ortho intramolecular Hbond substituents is 1. The number of aromatic amines is 1. The van der Waals surface area contributed by atoms with Crippen molar-refractivity contribution in [1.29, 1.82) is 0 Å². The zero-order valence-corrected chi connectivity index (χ0v) is 13.1. The summed E-state index contributed by atoms with van der Waals surface area (Å²) in [5.74, 6) is 0.147. The van der Waals surface area contributed by atoms with Gasteiger partial charge in [0.15, 0.2) is 11.5 Å². The number of aromatic nitrogens is 1. The third-order valence-electron chi connectivity index (χ3n) is 3.50. The number of aromatic hydroxyl groups is 1. The third kappa shape index (κ3) is 3.22. The number of para-hydroxylation sites is 1. The van der Waals surface area contributed by atoms with Crippen LogP contribution in [0.1, 0.15) is 22.8 Å². The van der Waals surface area contributed by atoms with Gasteiger partial charge in [0.05, 0.1) is 18.4 Å². The molecule has 0 atom stereocenters. The van der Waals surface area contributed by atoms with Crippen LogP contribution >= 0.6 is 0 Å². The second-order valence-electron chi connectivity index (χ2n) is 5.11. The Morgan fingerprint density at radius 1 is 1.33 bits per heavy atom. The van der Waals surface area contributed by atoms with Gasteiger partial charge in [-0.25, -0.2) is 5.43 Å². The second-order valence-corrected chi connectivity index (χ2v) is 5.11. The number of hydrazone groups is 1. The zero-order valence-electron chi connectivity index (χ0n) is 13.1. The molecule has 24 heavy (non-hydrogen) atoms. The summed E-state index contributed by atoms with van der Waals surface area (Å²) in [5, 5.41) is 14.5. The van der Waals surface area contributed by atoms with Crippen molar-refractivity contribution in [2.45, 2.75) is 6.92 Å². The lowest BCUT2D eigenvalue weighted by molar-refractivity contribution is 0.0957. The molecular formula is C18H17N3O3. The Morgan fingerprint density at radius 2 is 2.17 bits per heavy atom. The molecule has 122 valence electrons. The molecule has 0 aliphatic carbocycles. The fraction of sp³-hybridized carbons (Fsp3) is 0.111. The van der Waals surface area contributed by atoms with E-state index in [0.717, 1.165) is 10.9 Å². The first-order valence-corrected chi connectivity index (χ1v) is 7.54. The number of amides is 1. The molecule has 0 spiro atoms. The molecule has 1 amide bonds. The molecule has 0 saturated carbocycles. The molecule has 1 heterocycles. The lowest BCUT2D eigenvalue weighted by Crippen LogP contribution is -2.17. The number of rotatable bonds is 5. The van der Waals surface area contributed by atoms with E-state index in [1.807, 2.05) is 31.2 Å². The number of ether oxygens (including phenoxy) is 1. The van der Waals surface area contributed by atoms with Crippen LogP contribution in [0, 0.1) is 0 Å². The quantitative estimate of drug-likeness (QED) is 0.498. The molecule has 6 heteroatoms. The van der Waals surface area contributed by atoms with Crippen LogP contribution in [0.15, 0.2) is 53.8 Å². The van der Waals surface area contributed by atoms with Crippen molar-refractivity contribution >= 4 is 23.0 Å². The highest BCUT2D eigenvalue weighted by Crippen LogP contribution is 2.26. The monoisotopic (exact) mass is 323 g/mol. The number of H-pyrrole nitrogens is 1. The Morgan fingerprint density at radius 3 is 3.00 bits per heavy atom. The molecule has 0 aliphatic heterocycles. The highest BCUT2D eigenvalue weighted by Gasteiger charge is 2.10. The van der Waals surface area contributed by atoms with Crippen molar-refractivity contribution < 1.29 is 14.6 Å². The van der Waals surface area contributed by atoms with Gasteiger partial charge < -0.3 is 14.8 Å². The molecule has 6 nitrogen and oxygen atoms in total. The van der Waals surface area contributed by atoms with Gasteiger partial charge in [0.25, 0.3) is 5.91 Å². The van der Waals surface area contributed by atoms with Gasteiger partial charge in [0.2, 0.25) is 0 Å². The maximum atomic E-state index is 12.2. The maximum Gasteiger partial charge on any atom is 0.273 e. The highest BCUT2D eigenvalue weighted by molar-refractivity contribution is 6.06. The smallest absolute Gasteiger partial charge is 0.273 e. The lowest BCUT2D eigenvalue weighted by Gasteiger charge is -2.06. The molecule has 0 aliphatic rings. The Hall–Kier alpha value is -3.28. The van der Waals surface area contributed by atoms with Gasteiger partial charge >= 0.3 is 0 Å². The summed E-state index contributed by atoms with van der Waals surface area (Å²) < 4.78 is 5.31. The highest BCUT2D eigenvalue weighted by atomic mass is 16.5. The predicted octanol–water partition coefficient (Wildman–Crippen LogP) is 3.04. The van der Waals surface area contributed by atoms with Gasteiger partial charge in [0.1, 0.15) is 0 Å². The fourth-order valence-corrected chi connectivity index (χ4v) is 2.37. The number of benzene rings is 2. The lowest BCUT2D eigenvalue weighted by atomic mass is 10.2. The minimum absolute atomic E-state index is 0.0665. The van der Waals surface area contributed by atoms with E-state index in [2.05, 4.69) is 15.5 Å². The fourth-order valence-electron chi connectivity index (χ4n) is 2.37. The molecule has 0 bridgehead atoms. The van der Waals surface area contributed by atoms with Gasteiger partial charge in [0, 0.05) is 17.1 Å². The maximum absolute atomic E-state index is 12.2. The van der Waals surface area contributed by atoms with E-state index in [1.165, 1.54) is 12.3 Å². The van der Waals surface area contributed by atoms with E-state index in [4.69, 9.17) is 4.74 Å². The van der Waals surface area contributed by atoms with E-state index < -0.39 is 0 Å². The first-order valence-electron chi connectivity index (χ1n) is 7.54. The van der Waals surface area contributed by atoms with Crippen molar-refractivity contribution in [1.82, 2.24) is 10.4 Å². The number of hydrogen-bond donors (Lipinski definition) is 3. The Kier molecular flexibility index (Phi) is 4.47. The summed E-state index contributed by atoms with van der Waals surface area (Å²) in [6.45, 7) is 2.28. The Labute approximate surface area is 138 Å². The van der Waals surface area contributed by atoms with Crippen molar-refractivity contribution in [2.24, 2.45) is 5.10 Å². The molecule has 0 fully saturated rings. The second kappa shape index (κ2) is 6.87. The standard InChI is InChI=1S/C18H17N3O3/c1-2-24-17-9-12(7-8-16(17)22)10-20-21-18(23)14-11-19-15-6-4-3-5-13(14)15/h3-11,19,22H,2H2,1H3,(H,21,23)/b20-10-. The van der Waals surface area contributed by atoms with Crippen LogP contribution in [0.25, 0.3) is 10.9 Å². The minimum atomic E-state index is -0.299. The molecule has 3 rings (SSSR count). The van der Waals surface area contributed by atoms with E-state index >= 15 is 0 Å². The van der Waals surface area contributed by atoms with Crippen LogP contribution in [0.4, 0.5) is 0 Å². The largest absolute Gasteiger partial charge is 0.504 e. The molecule has 0 radical (unpaired) electrons. The molecule has 2 aromatic carbocycles. The topological polar surface area (TPSA) is 86.7 Å². The van der Waals surface area contributed by atoms with Crippen molar-refractivity contribution in [3.05, 3.63) is 59.8 Å². The van der Waals surface area contributed by atoms with Crippen LogP contribution in [-0.2, 0) is 0 Å². The van der Waals surface area contributed by atoms with Crippen LogP contribution in [0.3, 0.4) is 0 Å². The van der Waals surface area contributed by atoms with Gasteiger partial charge in [-0.3, -0.25) is 4.79 Å². The summed E-state index contributed by atoms with van der Waals surface area (Å²) >= 11 is 0. The summed E-state index contributed by atoms with van der Waals surface area (Å²) in [4.78, 5) is 15.3. The average Bonchev–Trinajstić information content (AvgIpc) is 3.02. The molecule has 0 saturated heterocycles. The molecule has 3 N–H and O–H groups in total. The summed E-state index contributed by atoms with van der Waals surface area (Å²) in [7, 11) is 0. The Bertz CT molecular complexity index is 899. The van der Waals surface area contributed by atoms with Gasteiger partial charge in [-0.1, -0.05) is 18.2 Å². The van der Waals surface area contributed by atoms with Crippen LogP contribution in [-0.4, -0.2) is 28.8 Å². The number of carbonyl (C=O) groups is 1. The SMILES string of the molecule is CCOc1cc(/C=N\NC(=O)c2c[nH]c3ccccc23)ccc1O. The number of hydrogen-bond acceptors (Lipinski definition) is 4. The average molecular weight is 323 g/mol. The minimum Gasteiger partial charge on any atom is -0.504 e. The normalized spacial score (nSPS) is 11.0. The number of nitrogens with one attached hydrogen (secondary N) is 2. The Balaban J connectivity index is 1.72. The van der Waals surface area contributed by atoms with Gasteiger partial charge in [-0.15, -0.1) is 0 Å². The third-order valence-corrected chi connectivity index (χ3v) is 3.50. The number of fused-ring (bicyclic) bond motifs is 1. The predicted molar refractivity (Wildman–Crippen MR) is 92.6 cm³/mol. The number of nitrogens with zero attached hydrogens (tertiary/aromatic N) is 1. The van der Waals surface area contributed by atoms with Crippen molar-refractivity contribution in [3.63, 3.8) is 0 Å². The first kappa shape index (κ1) is 15.6. The molecule has 0 unspecified atom stereocenters. The van der Waals surface area contributed by atoms with Crippen molar-refractivity contribution in [2.75, 3.05) is 6.61 Å². The van der Waals surface area contributed by atoms with E-state index in [9.17, 15) is 9.90 Å². The number of carbonyl (C=O) groups excluding carboxylic acids is 1. The molecule has 1 aromatic heterocycles. The van der Waals surface area contributed by atoms with Gasteiger partial charge in [-0.05, 0) is 36.8 Å². The van der Waals surface area contributed by atoms with E-state index in [1.54, 1.807) is 18.3 Å². The first-order chi connectivity index (χ1) is 11.7. The molecular weight excluding hydrogens is 306 g/mol. The van der Waals surface area contributed by atoms with Gasteiger partial charge in [-0.2, -0.15) is 5.10 Å². The number of phenols is 1. The van der Waals surface area contributed by atoms with Crippen LogP contribution < -0.4 is 10.2 Å². The summed E-state index contributed by atoms with van der Waals surface area (Å²) in [6.07, 6.45) is 3.15. The zero-order chi connectivity index (χ0) is 16.9. The van der Waals surface area contributed by atoms with Crippen LogP contribution in [0.2, 0.25) is 0 Å². The summed E-state index contributed by atoms with van der Waals surface area (Å²) in [5.41, 5.74) is 4.63. The molecule has 3 aromatic rings. The van der Waals surface area contributed by atoms with Crippen LogP contribution in [0.5, 0.6) is 11.5 Å². The van der Waals surface area contributed by atoms with E-state index in [-0.39, 0.29) is 11.7 Å². The summed E-state index contributed by atoms with van der Waals surface area (Å²) in [6, 6.07) is 12.4. The van der Waals surface area contributed by atoms with E-state index in [0.29, 0.717) is 23.5 Å².